The van der Waals surface area contributed by atoms with Crippen LogP contribution in [0.25, 0.3) is 11.3 Å². The fraction of sp³-hybridized carbons (Fsp3) is 0.273. The second kappa shape index (κ2) is 7.58. The first-order valence-corrected chi connectivity index (χ1v) is 11.8. The van der Waals surface area contributed by atoms with Gasteiger partial charge in [0.25, 0.3) is 5.91 Å². The van der Waals surface area contributed by atoms with Crippen LogP contribution in [0.15, 0.2) is 41.1 Å². The number of hydrogen-bond acceptors (Lipinski definition) is 6. The highest BCUT2D eigenvalue weighted by molar-refractivity contribution is 7.10. The fourth-order valence-electron chi connectivity index (χ4n) is 4.28. The molecule has 1 aliphatic heterocycles. The number of nitrogens with zero attached hydrogens (tertiary/aromatic N) is 2. The molecule has 7 nitrogen and oxygen atoms in total. The Morgan fingerprint density at radius 3 is 2.97 bits per heavy atom. The molecule has 1 unspecified atom stereocenters. The summed E-state index contributed by atoms with van der Waals surface area (Å²) in [7, 11) is 0. The minimum atomic E-state index is -1.03. The number of carbonyl (C=O) groups is 3. The lowest BCUT2D eigenvalue weighted by molar-refractivity contribution is -0.134. The van der Waals surface area contributed by atoms with Gasteiger partial charge in [0.2, 0.25) is 5.91 Å². The molecule has 1 fully saturated rings. The highest BCUT2D eigenvalue weighted by Crippen LogP contribution is 2.42. The van der Waals surface area contributed by atoms with E-state index in [1.807, 2.05) is 41.9 Å². The molecule has 1 spiro atoms. The summed E-state index contributed by atoms with van der Waals surface area (Å²) in [4.78, 5) is 45.2. The van der Waals surface area contributed by atoms with Gasteiger partial charge >= 0.3 is 6.03 Å². The number of aromatic nitrogens is 1. The summed E-state index contributed by atoms with van der Waals surface area (Å²) in [6, 6.07) is 8.75. The van der Waals surface area contributed by atoms with Crippen molar-refractivity contribution in [1.82, 2.24) is 15.2 Å². The number of anilines is 1. The van der Waals surface area contributed by atoms with E-state index in [9.17, 15) is 14.4 Å². The molecule has 4 amide bonds. The third-order valence-corrected chi connectivity index (χ3v) is 7.45. The van der Waals surface area contributed by atoms with Crippen LogP contribution in [0, 0.1) is 6.92 Å². The van der Waals surface area contributed by atoms with Gasteiger partial charge in [-0.1, -0.05) is 12.1 Å². The van der Waals surface area contributed by atoms with Crippen molar-refractivity contribution < 1.29 is 14.4 Å². The summed E-state index contributed by atoms with van der Waals surface area (Å²) >= 11 is 3.16. The first-order chi connectivity index (χ1) is 15.0. The zero-order valence-corrected chi connectivity index (χ0v) is 18.4. The van der Waals surface area contributed by atoms with Gasteiger partial charge in [-0.05, 0) is 49.8 Å². The van der Waals surface area contributed by atoms with E-state index < -0.39 is 17.5 Å². The lowest BCUT2D eigenvalue weighted by Crippen LogP contribution is -2.46. The number of hydrogen-bond donors (Lipinski definition) is 2. The molecule has 158 valence electrons. The van der Waals surface area contributed by atoms with Crippen molar-refractivity contribution >= 4 is 46.2 Å². The maximum absolute atomic E-state index is 13.2. The van der Waals surface area contributed by atoms with Gasteiger partial charge in [-0.3, -0.25) is 14.5 Å². The Morgan fingerprint density at radius 1 is 1.29 bits per heavy atom. The molecule has 2 aromatic heterocycles. The van der Waals surface area contributed by atoms with E-state index in [0.717, 1.165) is 44.4 Å². The van der Waals surface area contributed by atoms with Crippen molar-refractivity contribution in [2.24, 2.45) is 0 Å². The smallest absolute Gasteiger partial charge is 0.325 e. The SMILES string of the molecule is Cc1nc(-c2cccc(NC(=O)CN3C(=O)NC4(CCCc5sccc54)C3=O)c2)cs1. The number of fused-ring (bicyclic) bond motifs is 2. The summed E-state index contributed by atoms with van der Waals surface area (Å²) in [5.74, 6) is -0.771. The Hall–Kier alpha value is -3.04. The zero-order valence-electron chi connectivity index (χ0n) is 16.8. The molecule has 1 aliphatic carbocycles. The number of nitrogens with one attached hydrogen (secondary N) is 2. The molecule has 0 bridgehead atoms. The molecule has 1 atom stereocenters. The predicted molar refractivity (Wildman–Crippen MR) is 120 cm³/mol. The van der Waals surface area contributed by atoms with Crippen molar-refractivity contribution in [2.75, 3.05) is 11.9 Å². The lowest BCUT2D eigenvalue weighted by Gasteiger charge is -2.31. The second-order valence-corrected chi connectivity index (χ2v) is 9.78. The average Bonchev–Trinajstić information content (AvgIpc) is 3.45. The monoisotopic (exact) mass is 452 g/mol. The molecule has 9 heteroatoms. The van der Waals surface area contributed by atoms with Gasteiger partial charge in [-0.15, -0.1) is 22.7 Å². The van der Waals surface area contributed by atoms with Crippen molar-refractivity contribution in [3.63, 3.8) is 0 Å². The molecule has 0 radical (unpaired) electrons. The molecule has 1 saturated heterocycles. The van der Waals surface area contributed by atoms with Crippen molar-refractivity contribution in [3.8, 4) is 11.3 Å². The molecule has 2 aliphatic rings. The van der Waals surface area contributed by atoms with E-state index in [1.165, 1.54) is 0 Å². The Morgan fingerprint density at radius 2 is 2.16 bits per heavy atom. The normalized spacial score (nSPS) is 20.1. The van der Waals surface area contributed by atoms with Gasteiger partial charge in [-0.2, -0.15) is 0 Å². The number of amides is 4. The van der Waals surface area contributed by atoms with Gasteiger partial charge in [-0.25, -0.2) is 9.78 Å². The van der Waals surface area contributed by atoms with Gasteiger partial charge in [0.15, 0.2) is 0 Å². The minimum Gasteiger partial charge on any atom is -0.325 e. The molecule has 31 heavy (non-hydrogen) atoms. The summed E-state index contributed by atoms with van der Waals surface area (Å²) < 4.78 is 0. The van der Waals surface area contributed by atoms with E-state index in [4.69, 9.17) is 0 Å². The first kappa shape index (κ1) is 19.9. The summed E-state index contributed by atoms with van der Waals surface area (Å²) in [5, 5.41) is 10.5. The van der Waals surface area contributed by atoms with Crippen LogP contribution in [0.2, 0.25) is 0 Å². The van der Waals surface area contributed by atoms with E-state index >= 15 is 0 Å². The lowest BCUT2D eigenvalue weighted by atomic mass is 9.80. The van der Waals surface area contributed by atoms with Gasteiger partial charge in [0.1, 0.15) is 12.1 Å². The average molecular weight is 453 g/mol. The van der Waals surface area contributed by atoms with Crippen LogP contribution in [0.3, 0.4) is 0 Å². The number of rotatable bonds is 4. The van der Waals surface area contributed by atoms with Crippen molar-refractivity contribution in [1.29, 1.82) is 0 Å². The quantitative estimate of drug-likeness (QED) is 0.588. The molecular weight excluding hydrogens is 432 g/mol. The van der Waals surface area contributed by atoms with Gasteiger partial charge in [0.05, 0.1) is 10.7 Å². The molecule has 5 rings (SSSR count). The Balaban J connectivity index is 1.32. The number of thiazole rings is 1. The Labute approximate surface area is 187 Å². The van der Waals surface area contributed by atoms with Crippen LogP contribution in [0.5, 0.6) is 0 Å². The Kier molecular flexibility index (Phi) is 4.86. The molecule has 3 heterocycles. The molecule has 2 N–H and O–H groups in total. The predicted octanol–water partition coefficient (Wildman–Crippen LogP) is 3.90. The first-order valence-electron chi connectivity index (χ1n) is 10.00. The summed E-state index contributed by atoms with van der Waals surface area (Å²) in [5.41, 5.74) is 2.17. The number of carbonyl (C=O) groups excluding carboxylic acids is 3. The largest absolute Gasteiger partial charge is 0.325 e. The fourth-order valence-corrected chi connectivity index (χ4v) is 5.90. The van der Waals surface area contributed by atoms with Crippen LogP contribution in [0.4, 0.5) is 10.5 Å². The number of imide groups is 1. The highest BCUT2D eigenvalue weighted by atomic mass is 32.1. The maximum Gasteiger partial charge on any atom is 0.325 e. The zero-order chi connectivity index (χ0) is 21.6. The Bertz CT molecular complexity index is 1200. The number of benzene rings is 1. The van der Waals surface area contributed by atoms with E-state index in [0.29, 0.717) is 12.1 Å². The van der Waals surface area contributed by atoms with E-state index in [1.54, 1.807) is 28.7 Å². The summed E-state index contributed by atoms with van der Waals surface area (Å²) in [6.45, 7) is 1.61. The van der Waals surface area contributed by atoms with Crippen molar-refractivity contribution in [3.05, 3.63) is 56.5 Å². The maximum atomic E-state index is 13.2. The van der Waals surface area contributed by atoms with Crippen LogP contribution in [0.1, 0.15) is 28.3 Å². The molecule has 0 saturated carbocycles. The molecule has 3 aromatic rings. The standard InChI is InChI=1S/C22H20N4O3S2/c1-13-23-17(12-31-13)14-4-2-5-15(10-14)24-19(27)11-26-20(28)22(25-21(26)29)8-3-6-18-16(22)7-9-30-18/h2,4-5,7,9-10,12H,3,6,8,11H2,1H3,(H,24,27)(H,25,29). The van der Waals surface area contributed by atoms with E-state index in [2.05, 4.69) is 15.6 Å². The van der Waals surface area contributed by atoms with E-state index in [-0.39, 0.29) is 12.5 Å². The van der Waals surface area contributed by atoms with Crippen LogP contribution in [-0.4, -0.2) is 34.3 Å². The van der Waals surface area contributed by atoms with Gasteiger partial charge in [0, 0.05) is 27.1 Å². The minimum absolute atomic E-state index is 0.327. The third kappa shape index (κ3) is 3.43. The van der Waals surface area contributed by atoms with Crippen LogP contribution in [-0.2, 0) is 21.5 Å². The number of urea groups is 1. The van der Waals surface area contributed by atoms with Gasteiger partial charge < -0.3 is 10.6 Å². The van der Waals surface area contributed by atoms with Crippen molar-refractivity contribution in [2.45, 2.75) is 31.7 Å². The summed E-state index contributed by atoms with van der Waals surface area (Å²) in [6.07, 6.45) is 2.28. The second-order valence-electron chi connectivity index (χ2n) is 7.72. The van der Waals surface area contributed by atoms with Crippen LogP contribution < -0.4 is 10.6 Å². The molecule has 1 aromatic carbocycles. The number of thiophene rings is 1. The molecular formula is C22H20N4O3S2. The third-order valence-electron chi connectivity index (χ3n) is 5.70. The van der Waals surface area contributed by atoms with Crippen LogP contribution >= 0.6 is 22.7 Å². The highest BCUT2D eigenvalue weighted by Gasteiger charge is 2.54. The topological polar surface area (TPSA) is 91.4 Å². The number of aryl methyl sites for hydroxylation is 2.